The Bertz CT molecular complexity index is 1020. The maximum Gasteiger partial charge on any atom is 0.262 e. The molecule has 0 atom stereocenters. The van der Waals surface area contributed by atoms with Crippen LogP contribution in [0.2, 0.25) is 0 Å². The van der Waals surface area contributed by atoms with Crippen LogP contribution in [0.15, 0.2) is 53.4 Å². The molecule has 1 aliphatic rings. The van der Waals surface area contributed by atoms with Gasteiger partial charge < -0.3 is 20.1 Å². The van der Waals surface area contributed by atoms with E-state index in [9.17, 15) is 18.0 Å². The van der Waals surface area contributed by atoms with Gasteiger partial charge in [-0.1, -0.05) is 0 Å². The first-order valence-corrected chi connectivity index (χ1v) is 12.7. The monoisotopic (exact) mass is 479 g/mol. The number of thioether (sulfide) groups is 1. The molecule has 0 unspecified atom stereocenters. The number of hydrogen-bond donors (Lipinski definition) is 2. The zero-order chi connectivity index (χ0) is 23.0. The molecular weight excluding hydrogens is 454 g/mol. The van der Waals surface area contributed by atoms with Crippen molar-refractivity contribution in [1.82, 2.24) is 4.31 Å². The van der Waals surface area contributed by atoms with E-state index in [1.165, 1.54) is 40.3 Å². The Hall–Kier alpha value is -2.60. The fourth-order valence-electron chi connectivity index (χ4n) is 2.95. The fourth-order valence-corrected chi connectivity index (χ4v) is 4.70. The summed E-state index contributed by atoms with van der Waals surface area (Å²) in [5, 5.41) is 5.43. The quantitative estimate of drug-likeness (QED) is 0.566. The lowest BCUT2D eigenvalue weighted by Crippen LogP contribution is -2.40. The average molecular weight is 480 g/mol. The van der Waals surface area contributed by atoms with E-state index in [4.69, 9.17) is 9.47 Å². The summed E-state index contributed by atoms with van der Waals surface area (Å²) in [6.07, 6.45) is 1.85. The molecule has 32 heavy (non-hydrogen) atoms. The molecule has 2 aromatic rings. The lowest BCUT2D eigenvalue weighted by Gasteiger charge is -2.26. The van der Waals surface area contributed by atoms with Gasteiger partial charge in [0, 0.05) is 24.5 Å². The highest BCUT2D eigenvalue weighted by Crippen LogP contribution is 2.20. The molecule has 172 valence electrons. The van der Waals surface area contributed by atoms with Crippen LogP contribution in [-0.4, -0.2) is 69.5 Å². The molecule has 1 aliphatic heterocycles. The van der Waals surface area contributed by atoms with Crippen LogP contribution in [0.4, 0.5) is 11.4 Å². The van der Waals surface area contributed by atoms with Crippen molar-refractivity contribution in [3.8, 4) is 5.75 Å². The van der Waals surface area contributed by atoms with Crippen LogP contribution >= 0.6 is 11.8 Å². The zero-order valence-corrected chi connectivity index (χ0v) is 19.2. The van der Waals surface area contributed by atoms with Crippen molar-refractivity contribution < 1.29 is 27.5 Å². The van der Waals surface area contributed by atoms with E-state index >= 15 is 0 Å². The average Bonchev–Trinajstić information content (AvgIpc) is 2.80. The van der Waals surface area contributed by atoms with Gasteiger partial charge in [0.2, 0.25) is 15.9 Å². The third-order valence-corrected chi connectivity index (χ3v) is 6.99. The molecule has 0 spiro atoms. The van der Waals surface area contributed by atoms with Crippen molar-refractivity contribution in [3.63, 3.8) is 0 Å². The summed E-state index contributed by atoms with van der Waals surface area (Å²) >= 11 is 1.43. The number of benzene rings is 2. The summed E-state index contributed by atoms with van der Waals surface area (Å²) in [6, 6.07) is 12.7. The predicted molar refractivity (Wildman–Crippen MR) is 124 cm³/mol. The first kappa shape index (κ1) is 24.1. The van der Waals surface area contributed by atoms with Crippen LogP contribution in [-0.2, 0) is 24.3 Å². The Morgan fingerprint density at radius 1 is 0.969 bits per heavy atom. The maximum absolute atomic E-state index is 12.6. The minimum atomic E-state index is -3.58. The highest BCUT2D eigenvalue weighted by atomic mass is 32.2. The molecule has 1 fully saturated rings. The molecule has 1 saturated heterocycles. The van der Waals surface area contributed by atoms with Crippen molar-refractivity contribution in [1.29, 1.82) is 0 Å². The van der Waals surface area contributed by atoms with Gasteiger partial charge in [0.25, 0.3) is 5.91 Å². The summed E-state index contributed by atoms with van der Waals surface area (Å²) in [7, 11) is -3.58. The van der Waals surface area contributed by atoms with Crippen molar-refractivity contribution in [3.05, 3.63) is 48.5 Å². The van der Waals surface area contributed by atoms with Gasteiger partial charge in [0.1, 0.15) is 5.75 Å². The Balaban J connectivity index is 1.49. The Morgan fingerprint density at radius 3 is 2.12 bits per heavy atom. The van der Waals surface area contributed by atoms with Gasteiger partial charge in [-0.3, -0.25) is 9.59 Å². The molecule has 0 aromatic heterocycles. The second-order valence-electron chi connectivity index (χ2n) is 6.88. The molecule has 0 bridgehead atoms. The molecule has 2 amide bonds. The van der Waals surface area contributed by atoms with Crippen LogP contribution in [0.5, 0.6) is 5.75 Å². The Morgan fingerprint density at radius 2 is 1.53 bits per heavy atom. The SMILES string of the molecule is CSCC(=O)Nc1ccc(OCC(=O)Nc2ccc(S(=O)(=O)N3CCOCC3)cc2)cc1. The topological polar surface area (TPSA) is 114 Å². The smallest absolute Gasteiger partial charge is 0.262 e. The lowest BCUT2D eigenvalue weighted by molar-refractivity contribution is -0.118. The van der Waals surface area contributed by atoms with Crippen LogP contribution in [0, 0.1) is 0 Å². The lowest BCUT2D eigenvalue weighted by atomic mass is 10.3. The number of nitrogens with one attached hydrogen (secondary N) is 2. The van der Waals surface area contributed by atoms with Gasteiger partial charge in [0.15, 0.2) is 6.61 Å². The van der Waals surface area contributed by atoms with E-state index in [0.29, 0.717) is 49.2 Å². The molecule has 2 aromatic carbocycles. The van der Waals surface area contributed by atoms with Crippen LogP contribution in [0.3, 0.4) is 0 Å². The molecule has 0 aliphatic carbocycles. The largest absolute Gasteiger partial charge is 0.484 e. The predicted octanol–water partition coefficient (Wildman–Crippen LogP) is 2.03. The van der Waals surface area contributed by atoms with E-state index < -0.39 is 10.0 Å². The molecule has 3 rings (SSSR count). The minimum absolute atomic E-state index is 0.0886. The molecule has 0 saturated carbocycles. The van der Waals surface area contributed by atoms with E-state index in [1.54, 1.807) is 24.3 Å². The van der Waals surface area contributed by atoms with Gasteiger partial charge in [-0.05, 0) is 54.8 Å². The summed E-state index contributed by atoms with van der Waals surface area (Å²) in [5.41, 5.74) is 1.11. The van der Waals surface area contributed by atoms with Gasteiger partial charge in [-0.15, -0.1) is 0 Å². The number of anilines is 2. The van der Waals surface area contributed by atoms with Crippen molar-refractivity contribution in [2.45, 2.75) is 4.90 Å². The van der Waals surface area contributed by atoms with Crippen LogP contribution in [0.25, 0.3) is 0 Å². The van der Waals surface area contributed by atoms with Gasteiger partial charge in [-0.25, -0.2) is 8.42 Å². The summed E-state index contributed by atoms with van der Waals surface area (Å²) in [6.45, 7) is 1.18. The third-order valence-electron chi connectivity index (χ3n) is 4.53. The number of hydrogen-bond acceptors (Lipinski definition) is 7. The van der Waals surface area contributed by atoms with Crippen molar-refractivity contribution >= 4 is 45.0 Å². The molecule has 0 radical (unpaired) electrons. The third kappa shape index (κ3) is 6.70. The second kappa shape index (κ2) is 11.3. The normalized spacial score (nSPS) is 14.5. The number of amides is 2. The van der Waals surface area contributed by atoms with Crippen molar-refractivity contribution in [2.75, 3.05) is 55.6 Å². The van der Waals surface area contributed by atoms with Gasteiger partial charge in [0.05, 0.1) is 23.9 Å². The summed E-state index contributed by atoms with van der Waals surface area (Å²) < 4.78 is 37.3. The maximum atomic E-state index is 12.6. The number of rotatable bonds is 9. The van der Waals surface area contributed by atoms with E-state index in [0.717, 1.165) is 0 Å². The summed E-state index contributed by atoms with van der Waals surface area (Å²) in [5.74, 6) is 0.383. The van der Waals surface area contributed by atoms with Crippen LogP contribution < -0.4 is 15.4 Å². The standard InChI is InChI=1S/C21H25N3O6S2/c1-31-15-21(26)23-16-2-6-18(7-3-16)30-14-20(25)22-17-4-8-19(9-5-17)32(27,28)24-10-12-29-13-11-24/h2-9H,10-15H2,1H3,(H,22,25)(H,23,26). The Labute approximate surface area is 191 Å². The molecular formula is C21H25N3O6S2. The highest BCUT2D eigenvalue weighted by Gasteiger charge is 2.26. The summed E-state index contributed by atoms with van der Waals surface area (Å²) in [4.78, 5) is 23.9. The molecule has 1 heterocycles. The molecule has 11 heteroatoms. The molecule has 2 N–H and O–H groups in total. The Kier molecular flexibility index (Phi) is 8.51. The zero-order valence-electron chi connectivity index (χ0n) is 17.6. The second-order valence-corrected chi connectivity index (χ2v) is 9.69. The fraction of sp³-hybridized carbons (Fsp3) is 0.333. The number of morpholine rings is 1. The number of ether oxygens (including phenoxy) is 2. The van der Waals surface area contributed by atoms with Crippen molar-refractivity contribution in [2.24, 2.45) is 0 Å². The van der Waals surface area contributed by atoms with E-state index in [-0.39, 0.29) is 23.3 Å². The number of nitrogens with zero attached hydrogens (tertiary/aromatic N) is 1. The van der Waals surface area contributed by atoms with Gasteiger partial charge in [-0.2, -0.15) is 16.1 Å². The first-order valence-electron chi connectivity index (χ1n) is 9.88. The highest BCUT2D eigenvalue weighted by molar-refractivity contribution is 7.99. The number of carbonyl (C=O) groups is 2. The van der Waals surface area contributed by atoms with E-state index in [1.807, 2.05) is 6.26 Å². The number of carbonyl (C=O) groups excluding carboxylic acids is 2. The molecule has 9 nitrogen and oxygen atoms in total. The minimum Gasteiger partial charge on any atom is -0.484 e. The van der Waals surface area contributed by atoms with Gasteiger partial charge >= 0.3 is 0 Å². The number of sulfonamides is 1. The van der Waals surface area contributed by atoms with E-state index in [2.05, 4.69) is 10.6 Å². The van der Waals surface area contributed by atoms with Crippen LogP contribution in [0.1, 0.15) is 0 Å². The first-order chi connectivity index (χ1) is 15.4.